The van der Waals surface area contributed by atoms with Gasteiger partial charge in [0.2, 0.25) is 0 Å². The van der Waals surface area contributed by atoms with Crippen molar-refractivity contribution in [3.05, 3.63) is 28.0 Å². The van der Waals surface area contributed by atoms with Crippen LogP contribution in [0, 0.1) is 6.92 Å². The number of aromatic nitrogens is 1. The van der Waals surface area contributed by atoms with Gasteiger partial charge in [0, 0.05) is 36.1 Å². The lowest BCUT2D eigenvalue weighted by Crippen LogP contribution is -2.39. The third-order valence-electron chi connectivity index (χ3n) is 2.95. The molecule has 17 heavy (non-hydrogen) atoms. The molecule has 0 spiro atoms. The highest BCUT2D eigenvalue weighted by Crippen LogP contribution is 2.18. The van der Waals surface area contributed by atoms with Crippen LogP contribution in [0.2, 0.25) is 0 Å². The highest BCUT2D eigenvalue weighted by Gasteiger charge is 2.18. The van der Waals surface area contributed by atoms with Gasteiger partial charge in [-0.25, -0.2) is 0 Å². The van der Waals surface area contributed by atoms with Crippen molar-refractivity contribution >= 4 is 21.8 Å². The molecule has 0 bridgehead atoms. The van der Waals surface area contributed by atoms with Gasteiger partial charge in [-0.1, -0.05) is 0 Å². The van der Waals surface area contributed by atoms with Gasteiger partial charge in [0.15, 0.2) is 0 Å². The van der Waals surface area contributed by atoms with Gasteiger partial charge in [0.25, 0.3) is 5.91 Å². The molecule has 1 saturated heterocycles. The molecule has 0 unspecified atom stereocenters. The predicted octanol–water partition coefficient (Wildman–Crippen LogP) is 2.06. The van der Waals surface area contributed by atoms with Gasteiger partial charge in [-0.3, -0.25) is 9.78 Å². The van der Waals surface area contributed by atoms with Gasteiger partial charge in [-0.05, 0) is 41.3 Å². The standard InChI is InChI=1S/C12H15BrN2O2/c1-8-10(6-14-7-11(8)13)12(16)15-9-2-4-17-5-3-9/h6-7,9H,2-5H2,1H3,(H,15,16). The van der Waals surface area contributed by atoms with E-state index in [-0.39, 0.29) is 11.9 Å². The van der Waals surface area contributed by atoms with Crippen LogP contribution in [-0.4, -0.2) is 30.1 Å². The molecule has 1 amide bonds. The molecular weight excluding hydrogens is 284 g/mol. The molecule has 0 saturated carbocycles. The van der Waals surface area contributed by atoms with Crippen LogP contribution in [0.5, 0.6) is 0 Å². The number of hydrogen-bond donors (Lipinski definition) is 1. The first kappa shape index (κ1) is 12.5. The third-order valence-corrected chi connectivity index (χ3v) is 3.75. The average molecular weight is 299 g/mol. The molecule has 0 aliphatic carbocycles. The van der Waals surface area contributed by atoms with E-state index in [9.17, 15) is 4.79 Å². The molecule has 1 aromatic heterocycles. The number of rotatable bonds is 2. The van der Waals surface area contributed by atoms with Crippen LogP contribution in [0.15, 0.2) is 16.9 Å². The Morgan fingerprint density at radius 2 is 2.18 bits per heavy atom. The van der Waals surface area contributed by atoms with Crippen molar-refractivity contribution in [1.82, 2.24) is 10.3 Å². The van der Waals surface area contributed by atoms with Crippen molar-refractivity contribution in [1.29, 1.82) is 0 Å². The van der Waals surface area contributed by atoms with E-state index in [1.807, 2.05) is 6.92 Å². The van der Waals surface area contributed by atoms with E-state index >= 15 is 0 Å². The van der Waals surface area contributed by atoms with Crippen LogP contribution in [0.25, 0.3) is 0 Å². The summed E-state index contributed by atoms with van der Waals surface area (Å²) in [6.45, 7) is 3.35. The first-order valence-corrected chi connectivity index (χ1v) is 6.46. The van der Waals surface area contributed by atoms with Gasteiger partial charge in [-0.15, -0.1) is 0 Å². The Bertz CT molecular complexity index is 417. The predicted molar refractivity (Wildman–Crippen MR) is 68.0 cm³/mol. The monoisotopic (exact) mass is 298 g/mol. The summed E-state index contributed by atoms with van der Waals surface area (Å²) in [6.07, 6.45) is 5.06. The maximum Gasteiger partial charge on any atom is 0.253 e. The molecule has 2 rings (SSSR count). The maximum absolute atomic E-state index is 12.1. The summed E-state index contributed by atoms with van der Waals surface area (Å²) < 4.78 is 6.12. The van der Waals surface area contributed by atoms with Crippen LogP contribution in [0.1, 0.15) is 28.8 Å². The van der Waals surface area contributed by atoms with Crippen molar-refractivity contribution in [2.24, 2.45) is 0 Å². The number of amides is 1. The number of nitrogens with zero attached hydrogens (tertiary/aromatic N) is 1. The lowest BCUT2D eigenvalue weighted by atomic mass is 10.1. The first-order valence-electron chi connectivity index (χ1n) is 5.67. The zero-order valence-electron chi connectivity index (χ0n) is 9.70. The number of nitrogens with one attached hydrogen (secondary N) is 1. The highest BCUT2D eigenvalue weighted by atomic mass is 79.9. The zero-order valence-corrected chi connectivity index (χ0v) is 11.3. The molecule has 1 fully saturated rings. The quantitative estimate of drug-likeness (QED) is 0.909. The number of hydrogen-bond acceptors (Lipinski definition) is 3. The summed E-state index contributed by atoms with van der Waals surface area (Å²) in [6, 6.07) is 0.217. The second kappa shape index (κ2) is 5.60. The molecular formula is C12H15BrN2O2. The summed E-state index contributed by atoms with van der Waals surface area (Å²) in [5.41, 5.74) is 1.55. The van der Waals surface area contributed by atoms with Gasteiger partial charge >= 0.3 is 0 Å². The summed E-state index contributed by atoms with van der Waals surface area (Å²) in [7, 11) is 0. The van der Waals surface area contributed by atoms with Gasteiger partial charge in [0.1, 0.15) is 0 Å². The minimum Gasteiger partial charge on any atom is -0.381 e. The van der Waals surface area contributed by atoms with Crippen LogP contribution in [0.4, 0.5) is 0 Å². The second-order valence-corrected chi connectivity index (χ2v) is 5.01. The summed E-state index contributed by atoms with van der Waals surface area (Å²) in [5, 5.41) is 3.02. The van der Waals surface area contributed by atoms with Crippen LogP contribution < -0.4 is 5.32 Å². The minimum absolute atomic E-state index is 0.0526. The fourth-order valence-corrected chi connectivity index (χ4v) is 2.17. The Morgan fingerprint density at radius 1 is 1.47 bits per heavy atom. The largest absolute Gasteiger partial charge is 0.381 e. The van der Waals surface area contributed by atoms with E-state index < -0.39 is 0 Å². The Balaban J connectivity index is 2.06. The number of ether oxygens (including phenoxy) is 1. The van der Waals surface area contributed by atoms with Crippen molar-refractivity contribution in [2.75, 3.05) is 13.2 Å². The SMILES string of the molecule is Cc1c(Br)cncc1C(=O)NC1CCOCC1. The topological polar surface area (TPSA) is 51.2 Å². The third kappa shape index (κ3) is 3.04. The van der Waals surface area contributed by atoms with Gasteiger partial charge < -0.3 is 10.1 Å². The normalized spacial score (nSPS) is 16.8. The van der Waals surface area contributed by atoms with E-state index in [4.69, 9.17) is 4.74 Å². The number of carbonyl (C=O) groups is 1. The van der Waals surface area contributed by atoms with Crippen molar-refractivity contribution < 1.29 is 9.53 Å². The number of pyridine rings is 1. The van der Waals surface area contributed by atoms with Crippen LogP contribution in [0.3, 0.4) is 0 Å². The van der Waals surface area contributed by atoms with Crippen molar-refractivity contribution in [3.63, 3.8) is 0 Å². The summed E-state index contributed by atoms with van der Waals surface area (Å²) in [4.78, 5) is 16.1. The summed E-state index contributed by atoms with van der Waals surface area (Å²) >= 11 is 3.38. The number of halogens is 1. The molecule has 0 aromatic carbocycles. The van der Waals surface area contributed by atoms with E-state index in [2.05, 4.69) is 26.2 Å². The lowest BCUT2D eigenvalue weighted by Gasteiger charge is -2.23. The molecule has 1 aliphatic rings. The molecule has 0 radical (unpaired) electrons. The molecule has 2 heterocycles. The Hall–Kier alpha value is -0.940. The fraction of sp³-hybridized carbons (Fsp3) is 0.500. The van der Waals surface area contributed by atoms with E-state index in [1.165, 1.54) is 0 Å². The average Bonchev–Trinajstić information content (AvgIpc) is 2.34. The van der Waals surface area contributed by atoms with Gasteiger partial charge in [0.05, 0.1) is 5.56 Å². The van der Waals surface area contributed by atoms with E-state index in [1.54, 1.807) is 12.4 Å². The Kier molecular flexibility index (Phi) is 4.12. The van der Waals surface area contributed by atoms with Crippen molar-refractivity contribution in [3.8, 4) is 0 Å². The smallest absolute Gasteiger partial charge is 0.253 e. The van der Waals surface area contributed by atoms with Gasteiger partial charge in [-0.2, -0.15) is 0 Å². The van der Waals surface area contributed by atoms with Crippen LogP contribution in [-0.2, 0) is 4.74 Å². The molecule has 1 aromatic rings. The Morgan fingerprint density at radius 3 is 2.88 bits per heavy atom. The Labute approximate surface area is 109 Å². The summed E-state index contributed by atoms with van der Waals surface area (Å²) in [5.74, 6) is -0.0526. The number of carbonyl (C=O) groups excluding carboxylic acids is 1. The minimum atomic E-state index is -0.0526. The zero-order chi connectivity index (χ0) is 12.3. The first-order chi connectivity index (χ1) is 8.18. The fourth-order valence-electron chi connectivity index (χ4n) is 1.83. The molecule has 0 atom stereocenters. The van der Waals surface area contributed by atoms with Crippen LogP contribution >= 0.6 is 15.9 Å². The molecule has 1 N–H and O–H groups in total. The molecule has 92 valence electrons. The van der Waals surface area contributed by atoms with Crippen molar-refractivity contribution in [2.45, 2.75) is 25.8 Å². The molecule has 1 aliphatic heterocycles. The molecule has 4 nitrogen and oxygen atoms in total. The molecule has 5 heteroatoms. The maximum atomic E-state index is 12.1. The second-order valence-electron chi connectivity index (χ2n) is 4.15. The lowest BCUT2D eigenvalue weighted by molar-refractivity contribution is 0.0696. The highest BCUT2D eigenvalue weighted by molar-refractivity contribution is 9.10. The van der Waals surface area contributed by atoms with E-state index in [0.29, 0.717) is 5.56 Å². The van der Waals surface area contributed by atoms with E-state index in [0.717, 1.165) is 36.1 Å².